The molecule has 0 spiro atoms. The molecule has 0 rings (SSSR count). The van der Waals surface area contributed by atoms with Crippen LogP contribution in [0, 0.1) is 0 Å². The number of hydrogen-bond acceptors (Lipinski definition) is 6. The van der Waals surface area contributed by atoms with Gasteiger partial charge in [-0.3, -0.25) is 14.4 Å². The zero-order chi connectivity index (χ0) is 45.8. The van der Waals surface area contributed by atoms with Crippen LogP contribution in [0.3, 0.4) is 0 Å². The van der Waals surface area contributed by atoms with Crippen LogP contribution in [0.25, 0.3) is 0 Å². The third-order valence-corrected chi connectivity index (χ3v) is 10.4. The quantitative estimate of drug-likeness (QED) is 0.0199. The Morgan fingerprint density at radius 1 is 0.349 bits per heavy atom. The molecule has 0 saturated carbocycles. The fourth-order valence-electron chi connectivity index (χ4n) is 6.58. The van der Waals surface area contributed by atoms with Crippen molar-refractivity contribution in [2.75, 3.05) is 13.2 Å². The summed E-state index contributed by atoms with van der Waals surface area (Å²) in [6, 6.07) is 0. The van der Waals surface area contributed by atoms with Crippen LogP contribution in [0.5, 0.6) is 0 Å². The van der Waals surface area contributed by atoms with E-state index in [0.717, 1.165) is 64.2 Å². The first kappa shape index (κ1) is 59.1. The highest BCUT2D eigenvalue weighted by Crippen LogP contribution is 2.13. The van der Waals surface area contributed by atoms with E-state index in [2.05, 4.69) is 63.3 Å². The maximum Gasteiger partial charge on any atom is 0.306 e. The minimum absolute atomic E-state index is 0.122. The Morgan fingerprint density at radius 2 is 0.714 bits per heavy atom. The number of rotatable bonds is 44. The van der Waals surface area contributed by atoms with Crippen molar-refractivity contribution in [1.29, 1.82) is 0 Å². The predicted molar refractivity (Wildman–Crippen MR) is 270 cm³/mol. The van der Waals surface area contributed by atoms with Crippen LogP contribution in [-0.2, 0) is 28.6 Å². The first-order valence-electron chi connectivity index (χ1n) is 25.5. The first-order chi connectivity index (χ1) is 31.0. The highest BCUT2D eigenvalue weighted by molar-refractivity contribution is 5.71. The van der Waals surface area contributed by atoms with Gasteiger partial charge in [0.25, 0.3) is 0 Å². The Morgan fingerprint density at radius 3 is 1.24 bits per heavy atom. The largest absolute Gasteiger partial charge is 0.462 e. The molecule has 0 aromatic heterocycles. The summed E-state index contributed by atoms with van der Waals surface area (Å²) >= 11 is 0. The third kappa shape index (κ3) is 49.0. The lowest BCUT2D eigenvalue weighted by Crippen LogP contribution is -2.30. The van der Waals surface area contributed by atoms with Crippen LogP contribution >= 0.6 is 0 Å². The van der Waals surface area contributed by atoms with Crippen molar-refractivity contribution in [3.63, 3.8) is 0 Å². The average molecular weight is 873 g/mol. The van der Waals surface area contributed by atoms with Crippen molar-refractivity contribution in [2.24, 2.45) is 0 Å². The van der Waals surface area contributed by atoms with E-state index in [1.165, 1.54) is 103 Å². The van der Waals surface area contributed by atoms with Gasteiger partial charge < -0.3 is 14.2 Å². The average Bonchev–Trinajstić information content (AvgIpc) is 3.28. The van der Waals surface area contributed by atoms with Gasteiger partial charge in [0.05, 0.1) is 0 Å². The van der Waals surface area contributed by atoms with E-state index in [1.807, 2.05) is 66.8 Å². The first-order valence-corrected chi connectivity index (χ1v) is 25.5. The third-order valence-electron chi connectivity index (χ3n) is 10.4. The Kier molecular flexibility index (Phi) is 47.5. The van der Waals surface area contributed by atoms with E-state index in [4.69, 9.17) is 14.2 Å². The molecule has 0 aromatic carbocycles. The van der Waals surface area contributed by atoms with E-state index in [-0.39, 0.29) is 37.5 Å². The number of carbonyl (C=O) groups excluding carboxylic acids is 3. The zero-order valence-corrected chi connectivity index (χ0v) is 40.5. The summed E-state index contributed by atoms with van der Waals surface area (Å²) in [7, 11) is 0. The lowest BCUT2D eigenvalue weighted by Gasteiger charge is -2.18. The molecule has 0 fully saturated rings. The van der Waals surface area contributed by atoms with Crippen molar-refractivity contribution >= 4 is 17.9 Å². The zero-order valence-electron chi connectivity index (χ0n) is 40.5. The lowest BCUT2D eigenvalue weighted by atomic mass is 10.1. The van der Waals surface area contributed by atoms with Gasteiger partial charge in [-0.1, -0.05) is 220 Å². The molecule has 0 N–H and O–H groups in total. The second kappa shape index (κ2) is 50.7. The summed E-state index contributed by atoms with van der Waals surface area (Å²) in [5.74, 6) is -1.04. The molecule has 0 aliphatic carbocycles. The lowest BCUT2D eigenvalue weighted by molar-refractivity contribution is -0.166. The molecular formula is C57H92O6. The SMILES string of the molecule is CC\C=C/C=C\C=C/C=C\C=C\C=C/CCCCCC(=O)OCC(COC(=O)CC/C=C\C/C=C\CCCCCCCC)OC(=O)CCCCCCCCC/C=C\CCCCCC. The van der Waals surface area contributed by atoms with E-state index < -0.39 is 6.10 Å². The van der Waals surface area contributed by atoms with Crippen LogP contribution in [0.4, 0.5) is 0 Å². The highest BCUT2D eigenvalue weighted by atomic mass is 16.6. The van der Waals surface area contributed by atoms with Crippen LogP contribution in [0.15, 0.2) is 109 Å². The molecule has 0 heterocycles. The molecule has 0 saturated heterocycles. The van der Waals surface area contributed by atoms with E-state index in [1.54, 1.807) is 0 Å². The van der Waals surface area contributed by atoms with Crippen molar-refractivity contribution < 1.29 is 28.6 Å². The molecular weight excluding hydrogens is 781 g/mol. The standard InChI is InChI=1S/C57H92O6/c1-4-7-10-13-16-19-22-25-27-28-30-32-35-38-41-44-47-50-56(59)62-53-54(52-61-55(58)49-46-43-40-37-34-31-24-21-18-15-12-9-6-3)63-57(60)51-48-45-42-39-36-33-29-26-23-20-17-14-11-8-5-2/h7,10,13,16,19-20,22-23,25,27-28,30-32,34-35,40,43,54H,4-6,8-9,11-12,14-15,17-18,21,24,26,29,33,36-39,41-42,44-53H2,1-3H3/b10-7-,16-13-,22-19-,23-20-,27-25-,30-28+,34-31-,35-32-,43-40-. The fourth-order valence-corrected chi connectivity index (χ4v) is 6.58. The molecule has 0 aliphatic rings. The number of unbranched alkanes of at least 4 members (excludes halogenated alkanes) is 20. The van der Waals surface area contributed by atoms with Gasteiger partial charge in [0.2, 0.25) is 0 Å². The molecule has 6 heteroatoms. The highest BCUT2D eigenvalue weighted by Gasteiger charge is 2.19. The molecule has 0 amide bonds. The van der Waals surface area contributed by atoms with E-state index >= 15 is 0 Å². The number of ether oxygens (including phenoxy) is 3. The summed E-state index contributed by atoms with van der Waals surface area (Å²) in [5, 5.41) is 0. The van der Waals surface area contributed by atoms with Gasteiger partial charge in [0, 0.05) is 19.3 Å². The summed E-state index contributed by atoms with van der Waals surface area (Å²) < 4.78 is 16.7. The van der Waals surface area contributed by atoms with Crippen LogP contribution in [0.2, 0.25) is 0 Å². The molecule has 6 nitrogen and oxygen atoms in total. The number of hydrogen-bond donors (Lipinski definition) is 0. The topological polar surface area (TPSA) is 78.9 Å². The van der Waals surface area contributed by atoms with Gasteiger partial charge in [-0.2, -0.15) is 0 Å². The molecule has 1 atom stereocenters. The van der Waals surface area contributed by atoms with Crippen LogP contribution in [-0.4, -0.2) is 37.2 Å². The van der Waals surface area contributed by atoms with Crippen LogP contribution in [0.1, 0.15) is 213 Å². The van der Waals surface area contributed by atoms with Gasteiger partial charge >= 0.3 is 17.9 Å². The minimum atomic E-state index is -0.822. The Labute approximate surface area is 387 Å². The molecule has 1 unspecified atom stereocenters. The second-order valence-corrected chi connectivity index (χ2v) is 16.5. The van der Waals surface area contributed by atoms with Gasteiger partial charge in [0.1, 0.15) is 13.2 Å². The molecule has 356 valence electrons. The molecule has 0 aliphatic heterocycles. The number of esters is 3. The minimum Gasteiger partial charge on any atom is -0.462 e. The Bertz CT molecular complexity index is 1330. The maximum atomic E-state index is 12.8. The van der Waals surface area contributed by atoms with Gasteiger partial charge in [-0.05, 0) is 83.5 Å². The summed E-state index contributed by atoms with van der Waals surface area (Å²) in [4.78, 5) is 37.9. The molecule has 63 heavy (non-hydrogen) atoms. The van der Waals surface area contributed by atoms with Crippen molar-refractivity contribution in [3.8, 4) is 0 Å². The summed E-state index contributed by atoms with van der Waals surface area (Å²) in [6.45, 7) is 6.36. The summed E-state index contributed by atoms with van der Waals surface area (Å²) in [5.41, 5.74) is 0. The molecule has 0 bridgehead atoms. The molecule has 0 radical (unpaired) electrons. The van der Waals surface area contributed by atoms with E-state index in [9.17, 15) is 14.4 Å². The summed E-state index contributed by atoms with van der Waals surface area (Å²) in [6.07, 6.45) is 67.9. The van der Waals surface area contributed by atoms with Crippen LogP contribution < -0.4 is 0 Å². The maximum absolute atomic E-state index is 12.8. The van der Waals surface area contributed by atoms with Crippen molar-refractivity contribution in [2.45, 2.75) is 219 Å². The van der Waals surface area contributed by atoms with Gasteiger partial charge in [-0.15, -0.1) is 0 Å². The normalized spacial score (nSPS) is 13.0. The van der Waals surface area contributed by atoms with Crippen molar-refractivity contribution in [1.82, 2.24) is 0 Å². The smallest absolute Gasteiger partial charge is 0.306 e. The number of allylic oxidation sites excluding steroid dienone is 18. The van der Waals surface area contributed by atoms with Crippen molar-refractivity contribution in [3.05, 3.63) is 109 Å². The monoisotopic (exact) mass is 873 g/mol. The fraction of sp³-hybridized carbons (Fsp3) is 0.632. The number of carbonyl (C=O) groups is 3. The predicted octanol–water partition coefficient (Wildman–Crippen LogP) is 16.8. The Hall–Kier alpha value is -3.93. The van der Waals surface area contributed by atoms with Gasteiger partial charge in [0.15, 0.2) is 6.10 Å². The van der Waals surface area contributed by atoms with E-state index in [0.29, 0.717) is 19.3 Å². The molecule has 0 aromatic rings. The Balaban J connectivity index is 4.56. The van der Waals surface area contributed by atoms with Gasteiger partial charge in [-0.25, -0.2) is 0 Å². The second-order valence-electron chi connectivity index (χ2n) is 16.5.